The molecule has 3 aromatic rings. The van der Waals surface area contributed by atoms with Gasteiger partial charge in [-0.15, -0.1) is 0 Å². The maximum absolute atomic E-state index is 12.5. The zero-order valence-electron chi connectivity index (χ0n) is 14.9. The minimum atomic E-state index is -0.317. The lowest BCUT2D eigenvalue weighted by molar-refractivity contribution is -0.121. The summed E-state index contributed by atoms with van der Waals surface area (Å²) in [5.41, 5.74) is 2.59. The molecule has 1 heterocycles. The number of aromatic amines is 1. The van der Waals surface area contributed by atoms with E-state index < -0.39 is 0 Å². The summed E-state index contributed by atoms with van der Waals surface area (Å²) in [5.74, 6) is -0.290. The maximum Gasteiger partial charge on any atom is 0.273 e. The lowest BCUT2D eigenvalue weighted by Crippen LogP contribution is -2.36. The average Bonchev–Trinajstić information content (AvgIpc) is 3.37. The van der Waals surface area contributed by atoms with Crippen LogP contribution in [0.1, 0.15) is 12.5 Å². The van der Waals surface area contributed by atoms with Crippen LogP contribution >= 0.6 is 0 Å². The topological polar surface area (TPSA) is 84.0 Å². The Labute approximate surface area is 155 Å². The molecule has 1 amide bonds. The van der Waals surface area contributed by atoms with Crippen molar-refractivity contribution in [1.82, 2.24) is 15.1 Å². The molecule has 0 radical (unpaired) electrons. The molecule has 0 unspecified atom stereocenters. The zero-order chi connectivity index (χ0) is 19.0. The van der Waals surface area contributed by atoms with Crippen molar-refractivity contribution in [1.29, 1.82) is 0 Å². The van der Waals surface area contributed by atoms with E-state index in [4.69, 9.17) is 0 Å². The number of aromatic nitrogens is 2. The van der Waals surface area contributed by atoms with Gasteiger partial charge in [0.15, 0.2) is 0 Å². The number of nitrogens with zero attached hydrogens (tertiary/aromatic N) is 1. The molecule has 27 heavy (non-hydrogen) atoms. The van der Waals surface area contributed by atoms with Crippen LogP contribution in [0.5, 0.6) is 0 Å². The fourth-order valence-corrected chi connectivity index (χ4v) is 3.47. The molecular formula is C21H19N3O3. The van der Waals surface area contributed by atoms with E-state index in [-0.39, 0.29) is 36.0 Å². The van der Waals surface area contributed by atoms with Gasteiger partial charge in [0.2, 0.25) is 5.91 Å². The third kappa shape index (κ3) is 3.10. The first-order chi connectivity index (χ1) is 13.1. The minimum absolute atomic E-state index is 0.0810. The average molecular weight is 361 g/mol. The highest BCUT2D eigenvalue weighted by Gasteiger charge is 2.39. The molecule has 2 N–H and O–H groups in total. The van der Waals surface area contributed by atoms with Crippen molar-refractivity contribution in [2.45, 2.75) is 13.5 Å². The quantitative estimate of drug-likeness (QED) is 0.728. The number of carbonyl (C=O) groups is 1. The van der Waals surface area contributed by atoms with Crippen molar-refractivity contribution in [3.05, 3.63) is 86.4 Å². The summed E-state index contributed by atoms with van der Waals surface area (Å²) in [5, 5.41) is 6.17. The van der Waals surface area contributed by atoms with Gasteiger partial charge in [-0.1, -0.05) is 48.0 Å². The van der Waals surface area contributed by atoms with Crippen molar-refractivity contribution in [2.24, 2.45) is 5.92 Å². The van der Waals surface area contributed by atoms with Gasteiger partial charge in [0.05, 0.1) is 23.2 Å². The lowest BCUT2D eigenvalue weighted by Gasteiger charge is -2.09. The summed E-state index contributed by atoms with van der Waals surface area (Å²) in [4.78, 5) is 37.0. The second kappa shape index (κ2) is 6.72. The van der Waals surface area contributed by atoms with Gasteiger partial charge in [-0.25, -0.2) is 4.68 Å². The number of hydrogen-bond acceptors (Lipinski definition) is 3. The number of hydrogen-bond donors (Lipinski definition) is 2. The first kappa shape index (κ1) is 17.0. The van der Waals surface area contributed by atoms with E-state index in [0.717, 1.165) is 16.7 Å². The summed E-state index contributed by atoms with van der Waals surface area (Å²) >= 11 is 0. The van der Waals surface area contributed by atoms with Crippen molar-refractivity contribution in [3.63, 3.8) is 0 Å². The second-order valence-corrected chi connectivity index (χ2v) is 6.63. The summed E-state index contributed by atoms with van der Waals surface area (Å²) in [6, 6.07) is 16.5. The largest absolute Gasteiger partial charge is 0.353 e. The highest BCUT2D eigenvalue weighted by atomic mass is 16.2. The first-order valence-corrected chi connectivity index (χ1v) is 8.83. The van der Waals surface area contributed by atoms with E-state index in [1.54, 1.807) is 24.3 Å². The summed E-state index contributed by atoms with van der Waals surface area (Å²) in [6.07, 6.45) is 0. The van der Waals surface area contributed by atoms with Crippen LogP contribution in [0.3, 0.4) is 0 Å². The fraction of sp³-hybridized carbons (Fsp3) is 0.190. The summed E-state index contributed by atoms with van der Waals surface area (Å²) < 4.78 is 1.25. The number of benzene rings is 2. The Morgan fingerprint density at radius 2 is 1.70 bits per heavy atom. The Kier molecular flexibility index (Phi) is 4.24. The van der Waals surface area contributed by atoms with Crippen LogP contribution in [0, 0.1) is 5.92 Å². The van der Waals surface area contributed by atoms with Gasteiger partial charge in [-0.2, -0.15) is 0 Å². The molecule has 0 bridgehead atoms. The molecule has 1 aliphatic carbocycles. The van der Waals surface area contributed by atoms with Gasteiger partial charge in [-0.3, -0.25) is 19.5 Å². The SMILES string of the molecule is CC1=C(c2ccccc2)[C@H]1C(=O)NCCn1[nH]c(=O)c2ccccc2c1=O. The fourth-order valence-electron chi connectivity index (χ4n) is 3.47. The van der Waals surface area contributed by atoms with Crippen molar-refractivity contribution in [3.8, 4) is 0 Å². The van der Waals surface area contributed by atoms with Crippen molar-refractivity contribution < 1.29 is 4.79 Å². The lowest BCUT2D eigenvalue weighted by atomic mass is 10.1. The molecule has 6 heteroatoms. The normalized spacial score (nSPS) is 15.8. The third-order valence-corrected chi connectivity index (χ3v) is 4.93. The number of H-pyrrole nitrogens is 1. The standard InChI is InChI=1S/C21H19N3O3/c1-13-17(14-7-3-2-4-8-14)18(13)20(26)22-11-12-24-21(27)16-10-6-5-9-15(16)19(25)23-24/h2-10,18H,11-12H2,1H3,(H,22,26)(H,23,25)/t18-/m0/s1. The van der Waals surface area contributed by atoms with Crippen molar-refractivity contribution in [2.75, 3.05) is 6.54 Å². The molecule has 0 fully saturated rings. The zero-order valence-corrected chi connectivity index (χ0v) is 14.9. The van der Waals surface area contributed by atoms with Crippen LogP contribution in [0.2, 0.25) is 0 Å². The van der Waals surface area contributed by atoms with Gasteiger partial charge < -0.3 is 5.32 Å². The van der Waals surface area contributed by atoms with Gasteiger partial charge in [0.1, 0.15) is 0 Å². The van der Waals surface area contributed by atoms with E-state index in [0.29, 0.717) is 10.8 Å². The van der Waals surface area contributed by atoms with Crippen LogP contribution in [0.25, 0.3) is 16.3 Å². The predicted molar refractivity (Wildman–Crippen MR) is 104 cm³/mol. The Morgan fingerprint density at radius 3 is 2.44 bits per heavy atom. The van der Waals surface area contributed by atoms with Crippen LogP contribution in [0.4, 0.5) is 0 Å². The Bertz CT molecular complexity index is 1170. The minimum Gasteiger partial charge on any atom is -0.353 e. The predicted octanol–water partition coefficient (Wildman–Crippen LogP) is 1.91. The number of carbonyl (C=O) groups excluding carboxylic acids is 1. The molecule has 6 nitrogen and oxygen atoms in total. The van der Waals surface area contributed by atoms with Crippen LogP contribution in [-0.2, 0) is 11.3 Å². The molecule has 4 rings (SSSR count). The molecule has 0 spiro atoms. The van der Waals surface area contributed by atoms with Gasteiger partial charge in [0.25, 0.3) is 11.1 Å². The smallest absolute Gasteiger partial charge is 0.273 e. The number of rotatable bonds is 5. The Balaban J connectivity index is 1.42. The van der Waals surface area contributed by atoms with Crippen LogP contribution < -0.4 is 16.4 Å². The van der Waals surface area contributed by atoms with Crippen LogP contribution in [0.15, 0.2) is 69.8 Å². The van der Waals surface area contributed by atoms with E-state index >= 15 is 0 Å². The van der Waals surface area contributed by atoms with Gasteiger partial charge in [-0.05, 0) is 30.2 Å². The molecule has 0 saturated carbocycles. The molecular weight excluding hydrogens is 342 g/mol. The van der Waals surface area contributed by atoms with Crippen molar-refractivity contribution >= 4 is 22.3 Å². The molecule has 1 atom stereocenters. The number of nitrogens with one attached hydrogen (secondary N) is 2. The molecule has 136 valence electrons. The van der Waals surface area contributed by atoms with Crippen LogP contribution in [-0.4, -0.2) is 22.2 Å². The first-order valence-electron chi connectivity index (χ1n) is 8.83. The van der Waals surface area contributed by atoms with E-state index in [9.17, 15) is 14.4 Å². The maximum atomic E-state index is 12.5. The number of fused-ring (bicyclic) bond motifs is 1. The monoisotopic (exact) mass is 361 g/mol. The third-order valence-electron chi connectivity index (χ3n) is 4.93. The van der Waals surface area contributed by atoms with Gasteiger partial charge >= 0.3 is 0 Å². The summed E-state index contributed by atoms with van der Waals surface area (Å²) in [6.45, 7) is 2.42. The van der Waals surface area contributed by atoms with E-state index in [2.05, 4.69) is 10.4 Å². The molecule has 2 aromatic carbocycles. The molecule has 1 aromatic heterocycles. The number of amides is 1. The highest BCUT2D eigenvalue weighted by Crippen LogP contribution is 2.46. The second-order valence-electron chi connectivity index (χ2n) is 6.63. The molecule has 0 aliphatic heterocycles. The Morgan fingerprint density at radius 1 is 1.04 bits per heavy atom. The molecule has 0 saturated heterocycles. The summed E-state index contributed by atoms with van der Waals surface area (Å²) in [7, 11) is 0. The van der Waals surface area contributed by atoms with Gasteiger partial charge in [0, 0.05) is 6.54 Å². The Hall–Kier alpha value is -3.41. The van der Waals surface area contributed by atoms with E-state index in [1.165, 1.54) is 4.68 Å². The van der Waals surface area contributed by atoms with E-state index in [1.807, 2.05) is 37.3 Å². The highest BCUT2D eigenvalue weighted by molar-refractivity contribution is 6.05. The molecule has 1 aliphatic rings.